The minimum Gasteiger partial charge on any atom is -0.383 e. The molecule has 0 amide bonds. The fourth-order valence-corrected chi connectivity index (χ4v) is 2.20. The Morgan fingerprint density at radius 2 is 1.71 bits per heavy atom. The van der Waals surface area contributed by atoms with Gasteiger partial charge in [0.05, 0.1) is 12.1 Å². The number of ether oxygens (including phenoxy) is 1. The third kappa shape index (κ3) is 3.01. The van der Waals surface area contributed by atoms with E-state index < -0.39 is 0 Å². The highest BCUT2D eigenvalue weighted by molar-refractivity contribution is 5.90. The molecule has 0 saturated heterocycles. The van der Waals surface area contributed by atoms with Crippen molar-refractivity contribution in [1.29, 1.82) is 0 Å². The van der Waals surface area contributed by atoms with Crippen molar-refractivity contribution in [1.82, 2.24) is 9.97 Å². The predicted molar refractivity (Wildman–Crippen MR) is 85.3 cm³/mol. The first-order valence-electron chi connectivity index (χ1n) is 6.93. The second-order valence-corrected chi connectivity index (χ2v) is 4.70. The molecule has 0 fully saturated rings. The van der Waals surface area contributed by atoms with E-state index in [1.54, 1.807) is 7.11 Å². The summed E-state index contributed by atoms with van der Waals surface area (Å²) in [7, 11) is 1.69. The van der Waals surface area contributed by atoms with E-state index in [1.165, 1.54) is 0 Å². The Bertz CT molecular complexity index is 728. The maximum atomic E-state index is 5.08. The quantitative estimate of drug-likeness (QED) is 0.727. The van der Waals surface area contributed by atoms with Crippen LogP contribution < -0.4 is 5.32 Å². The highest BCUT2D eigenvalue weighted by Crippen LogP contribution is 2.24. The van der Waals surface area contributed by atoms with Crippen LogP contribution in [0.15, 0.2) is 54.6 Å². The minimum absolute atomic E-state index is 0.638. The van der Waals surface area contributed by atoms with Crippen LogP contribution in [-0.4, -0.2) is 30.2 Å². The summed E-state index contributed by atoms with van der Waals surface area (Å²) in [4.78, 5) is 9.32. The van der Waals surface area contributed by atoms with Crippen molar-refractivity contribution in [3.8, 4) is 11.4 Å². The lowest BCUT2D eigenvalue weighted by atomic mass is 10.2. The summed E-state index contributed by atoms with van der Waals surface area (Å²) in [6, 6.07) is 18.0. The largest absolute Gasteiger partial charge is 0.383 e. The maximum Gasteiger partial charge on any atom is 0.162 e. The Morgan fingerprint density at radius 1 is 0.952 bits per heavy atom. The molecule has 0 bridgehead atoms. The molecule has 1 heterocycles. The Kier molecular flexibility index (Phi) is 4.07. The van der Waals surface area contributed by atoms with Gasteiger partial charge in [0.2, 0.25) is 0 Å². The van der Waals surface area contributed by atoms with E-state index in [0.29, 0.717) is 13.2 Å². The Labute approximate surface area is 123 Å². The maximum absolute atomic E-state index is 5.08. The smallest absolute Gasteiger partial charge is 0.162 e. The molecule has 2 aromatic carbocycles. The molecule has 0 saturated carbocycles. The van der Waals surface area contributed by atoms with Crippen LogP contribution in [-0.2, 0) is 4.74 Å². The van der Waals surface area contributed by atoms with Gasteiger partial charge in [-0.2, -0.15) is 0 Å². The van der Waals surface area contributed by atoms with Crippen LogP contribution in [0, 0.1) is 0 Å². The number of nitrogens with one attached hydrogen (secondary N) is 1. The van der Waals surface area contributed by atoms with E-state index >= 15 is 0 Å². The number of fused-ring (bicyclic) bond motifs is 1. The number of benzene rings is 2. The SMILES string of the molecule is COCCNc1nc(-c2ccccc2)nc2ccccc12. The van der Waals surface area contributed by atoms with Gasteiger partial charge in [-0.05, 0) is 12.1 Å². The second kappa shape index (κ2) is 6.33. The van der Waals surface area contributed by atoms with Gasteiger partial charge in [-0.25, -0.2) is 9.97 Å². The van der Waals surface area contributed by atoms with Gasteiger partial charge in [-0.1, -0.05) is 42.5 Å². The lowest BCUT2D eigenvalue weighted by Crippen LogP contribution is -2.10. The van der Waals surface area contributed by atoms with Gasteiger partial charge in [0.1, 0.15) is 5.82 Å². The van der Waals surface area contributed by atoms with Crippen LogP contribution >= 0.6 is 0 Å². The highest BCUT2D eigenvalue weighted by atomic mass is 16.5. The number of anilines is 1. The fraction of sp³-hybridized carbons (Fsp3) is 0.176. The van der Waals surface area contributed by atoms with Gasteiger partial charge in [-0.15, -0.1) is 0 Å². The zero-order chi connectivity index (χ0) is 14.5. The number of hydrogen-bond acceptors (Lipinski definition) is 4. The molecular formula is C17H17N3O. The first-order valence-corrected chi connectivity index (χ1v) is 6.93. The Balaban J connectivity index is 2.06. The first kappa shape index (κ1) is 13.5. The number of aromatic nitrogens is 2. The molecule has 3 rings (SSSR count). The van der Waals surface area contributed by atoms with E-state index in [-0.39, 0.29) is 0 Å². The van der Waals surface area contributed by atoms with Crippen molar-refractivity contribution in [3.63, 3.8) is 0 Å². The van der Waals surface area contributed by atoms with Crippen LogP contribution in [0.2, 0.25) is 0 Å². The molecule has 0 aliphatic carbocycles. The van der Waals surface area contributed by atoms with Crippen LogP contribution in [0.5, 0.6) is 0 Å². The lowest BCUT2D eigenvalue weighted by Gasteiger charge is -2.10. The van der Waals surface area contributed by atoms with Crippen molar-refractivity contribution in [2.45, 2.75) is 0 Å². The third-order valence-corrected chi connectivity index (χ3v) is 3.23. The minimum atomic E-state index is 0.638. The van der Waals surface area contributed by atoms with Crippen molar-refractivity contribution in [2.24, 2.45) is 0 Å². The monoisotopic (exact) mass is 279 g/mol. The van der Waals surface area contributed by atoms with Gasteiger partial charge in [0, 0.05) is 24.6 Å². The summed E-state index contributed by atoms with van der Waals surface area (Å²) in [6.07, 6.45) is 0. The molecule has 4 nitrogen and oxygen atoms in total. The molecule has 0 unspecified atom stereocenters. The molecule has 4 heteroatoms. The van der Waals surface area contributed by atoms with Crippen molar-refractivity contribution in [3.05, 3.63) is 54.6 Å². The molecule has 106 valence electrons. The van der Waals surface area contributed by atoms with E-state index in [1.807, 2.05) is 54.6 Å². The number of methoxy groups -OCH3 is 1. The fourth-order valence-electron chi connectivity index (χ4n) is 2.20. The van der Waals surface area contributed by atoms with Crippen LogP contribution in [0.1, 0.15) is 0 Å². The normalized spacial score (nSPS) is 10.7. The van der Waals surface area contributed by atoms with E-state index in [4.69, 9.17) is 4.74 Å². The summed E-state index contributed by atoms with van der Waals surface area (Å²) in [5, 5.41) is 4.34. The van der Waals surface area contributed by atoms with Gasteiger partial charge >= 0.3 is 0 Å². The van der Waals surface area contributed by atoms with Crippen LogP contribution in [0.25, 0.3) is 22.3 Å². The van der Waals surface area contributed by atoms with Gasteiger partial charge in [0.25, 0.3) is 0 Å². The van der Waals surface area contributed by atoms with Crippen molar-refractivity contribution in [2.75, 3.05) is 25.6 Å². The van der Waals surface area contributed by atoms with E-state index in [9.17, 15) is 0 Å². The molecule has 0 aliphatic heterocycles. The molecular weight excluding hydrogens is 262 g/mol. The zero-order valence-corrected chi connectivity index (χ0v) is 11.9. The summed E-state index contributed by atoms with van der Waals surface area (Å²) < 4.78 is 5.08. The average molecular weight is 279 g/mol. The molecule has 21 heavy (non-hydrogen) atoms. The average Bonchev–Trinajstić information content (AvgIpc) is 2.55. The molecule has 0 radical (unpaired) electrons. The van der Waals surface area contributed by atoms with Gasteiger partial charge in [0.15, 0.2) is 5.82 Å². The zero-order valence-electron chi connectivity index (χ0n) is 11.9. The van der Waals surface area contributed by atoms with Crippen LogP contribution in [0.4, 0.5) is 5.82 Å². The van der Waals surface area contributed by atoms with E-state index in [0.717, 1.165) is 28.1 Å². The van der Waals surface area contributed by atoms with Gasteiger partial charge < -0.3 is 10.1 Å². The number of rotatable bonds is 5. The number of para-hydroxylation sites is 1. The number of nitrogens with zero attached hydrogens (tertiary/aromatic N) is 2. The van der Waals surface area contributed by atoms with Gasteiger partial charge in [-0.3, -0.25) is 0 Å². The third-order valence-electron chi connectivity index (χ3n) is 3.23. The summed E-state index contributed by atoms with van der Waals surface area (Å²) in [5.41, 5.74) is 1.95. The molecule has 3 aromatic rings. The molecule has 1 aromatic heterocycles. The topological polar surface area (TPSA) is 47.0 Å². The Morgan fingerprint density at radius 3 is 2.52 bits per heavy atom. The highest BCUT2D eigenvalue weighted by Gasteiger charge is 2.08. The number of hydrogen-bond donors (Lipinski definition) is 1. The lowest BCUT2D eigenvalue weighted by molar-refractivity contribution is 0.210. The molecule has 0 atom stereocenters. The first-order chi connectivity index (χ1) is 10.4. The van der Waals surface area contributed by atoms with Crippen LogP contribution in [0.3, 0.4) is 0 Å². The van der Waals surface area contributed by atoms with Crippen molar-refractivity contribution >= 4 is 16.7 Å². The summed E-state index contributed by atoms with van der Waals surface area (Å²) in [6.45, 7) is 1.35. The predicted octanol–water partition coefficient (Wildman–Crippen LogP) is 3.36. The molecule has 0 spiro atoms. The van der Waals surface area contributed by atoms with Crippen molar-refractivity contribution < 1.29 is 4.74 Å². The second-order valence-electron chi connectivity index (χ2n) is 4.70. The standard InChI is InChI=1S/C17H17N3O/c1-21-12-11-18-17-14-9-5-6-10-15(14)19-16(20-17)13-7-3-2-4-8-13/h2-10H,11-12H2,1H3,(H,18,19,20). The summed E-state index contributed by atoms with van der Waals surface area (Å²) >= 11 is 0. The molecule has 1 N–H and O–H groups in total. The molecule has 0 aliphatic rings. The van der Waals surface area contributed by atoms with E-state index in [2.05, 4.69) is 15.3 Å². The summed E-state index contributed by atoms with van der Waals surface area (Å²) in [5.74, 6) is 1.57. The Hall–Kier alpha value is -2.46.